The first-order chi connectivity index (χ1) is 14.1. The fourth-order valence-electron chi connectivity index (χ4n) is 5.30. The number of nitrogens with zero attached hydrogens (tertiary/aromatic N) is 1. The first-order valence-electron chi connectivity index (χ1n) is 10.6. The minimum Gasteiger partial charge on any atom is -0.448 e. The summed E-state index contributed by atoms with van der Waals surface area (Å²) in [6.45, 7) is 6.55. The number of carbonyl (C=O) groups is 1. The van der Waals surface area contributed by atoms with Gasteiger partial charge in [0.1, 0.15) is 6.61 Å². The van der Waals surface area contributed by atoms with E-state index in [0.29, 0.717) is 6.61 Å². The standard InChI is InChI=1S/C26H27NO2/c1-17(2)18-14-19-8-7-9-20(15-18)27(19)26(28)29-16-25-23-12-5-3-10-21(23)22-11-4-6-13-24(22)25/h3-6,10-14,19-20,25H,1,7-9,15-16H2,2H3. The highest BCUT2D eigenvalue weighted by atomic mass is 16.6. The van der Waals surface area contributed by atoms with Crippen LogP contribution in [0, 0.1) is 0 Å². The Morgan fingerprint density at radius 3 is 2.34 bits per heavy atom. The van der Waals surface area contributed by atoms with Gasteiger partial charge in [-0.1, -0.05) is 66.8 Å². The molecule has 3 heteroatoms. The summed E-state index contributed by atoms with van der Waals surface area (Å²) in [6.07, 6.45) is 6.19. The molecule has 1 aliphatic carbocycles. The number of fused-ring (bicyclic) bond motifs is 5. The predicted octanol–water partition coefficient (Wildman–Crippen LogP) is 6.06. The molecule has 1 amide bonds. The summed E-state index contributed by atoms with van der Waals surface area (Å²) >= 11 is 0. The lowest BCUT2D eigenvalue weighted by molar-refractivity contribution is 0.0514. The monoisotopic (exact) mass is 385 g/mol. The SMILES string of the molecule is C=C(C)C1=CC2CCCC(C1)N2C(=O)OCC1c2ccccc2-c2ccccc21. The number of hydrogen-bond acceptors (Lipinski definition) is 2. The van der Waals surface area contributed by atoms with Crippen LogP contribution in [0.25, 0.3) is 11.1 Å². The Morgan fingerprint density at radius 2 is 1.72 bits per heavy atom. The van der Waals surface area contributed by atoms with Crippen LogP contribution in [0.15, 0.2) is 72.3 Å². The number of benzene rings is 2. The minimum absolute atomic E-state index is 0.109. The lowest BCUT2D eigenvalue weighted by atomic mass is 9.83. The highest BCUT2D eigenvalue weighted by molar-refractivity contribution is 5.79. The summed E-state index contributed by atoms with van der Waals surface area (Å²) in [5.74, 6) is 0.109. The molecule has 2 unspecified atom stereocenters. The molecule has 0 aromatic heterocycles. The van der Waals surface area contributed by atoms with Gasteiger partial charge in [-0.25, -0.2) is 4.79 Å². The van der Waals surface area contributed by atoms with Crippen LogP contribution in [0.4, 0.5) is 4.79 Å². The molecule has 0 radical (unpaired) electrons. The molecule has 2 aliphatic heterocycles. The molecule has 1 fully saturated rings. The molecule has 1 saturated heterocycles. The molecule has 3 aliphatic rings. The zero-order valence-electron chi connectivity index (χ0n) is 16.9. The van der Waals surface area contributed by atoms with E-state index in [1.165, 1.54) is 34.2 Å². The minimum atomic E-state index is -0.168. The second kappa shape index (κ2) is 7.22. The van der Waals surface area contributed by atoms with Gasteiger partial charge in [-0.15, -0.1) is 0 Å². The first kappa shape index (κ1) is 18.2. The van der Waals surface area contributed by atoms with Crippen LogP contribution in [-0.2, 0) is 4.74 Å². The van der Waals surface area contributed by atoms with Gasteiger partial charge in [0.25, 0.3) is 0 Å². The third-order valence-electron chi connectivity index (χ3n) is 6.73. The largest absolute Gasteiger partial charge is 0.448 e. The Labute approximate surface area is 172 Å². The first-order valence-corrected chi connectivity index (χ1v) is 10.6. The Morgan fingerprint density at radius 1 is 1.07 bits per heavy atom. The summed E-state index contributed by atoms with van der Waals surface area (Å²) in [7, 11) is 0. The molecule has 2 bridgehead atoms. The highest BCUT2D eigenvalue weighted by Crippen LogP contribution is 2.44. The average Bonchev–Trinajstić information content (AvgIpc) is 3.05. The number of rotatable bonds is 3. The topological polar surface area (TPSA) is 29.5 Å². The van der Waals surface area contributed by atoms with Crippen molar-refractivity contribution in [2.24, 2.45) is 0 Å². The Hall–Kier alpha value is -2.81. The second-order valence-electron chi connectivity index (χ2n) is 8.54. The number of piperidine rings is 1. The van der Waals surface area contributed by atoms with Crippen molar-refractivity contribution in [1.29, 1.82) is 0 Å². The van der Waals surface area contributed by atoms with E-state index in [0.717, 1.165) is 24.8 Å². The van der Waals surface area contributed by atoms with E-state index in [-0.39, 0.29) is 24.1 Å². The summed E-state index contributed by atoms with van der Waals surface area (Å²) in [6, 6.07) is 17.3. The van der Waals surface area contributed by atoms with Crippen molar-refractivity contribution < 1.29 is 9.53 Å². The van der Waals surface area contributed by atoms with Crippen LogP contribution in [0.5, 0.6) is 0 Å². The van der Waals surface area contributed by atoms with Crippen molar-refractivity contribution in [2.45, 2.75) is 50.6 Å². The van der Waals surface area contributed by atoms with Crippen molar-refractivity contribution in [1.82, 2.24) is 4.90 Å². The average molecular weight is 386 g/mol. The smallest absolute Gasteiger partial charge is 0.410 e. The fourth-order valence-corrected chi connectivity index (χ4v) is 5.30. The number of allylic oxidation sites excluding steroid dienone is 1. The lowest BCUT2D eigenvalue weighted by Gasteiger charge is -2.44. The van der Waals surface area contributed by atoms with Crippen LogP contribution in [-0.4, -0.2) is 29.7 Å². The van der Waals surface area contributed by atoms with Gasteiger partial charge in [-0.05, 0) is 60.4 Å². The van der Waals surface area contributed by atoms with Crippen LogP contribution in [0.2, 0.25) is 0 Å². The maximum atomic E-state index is 13.1. The number of amides is 1. The molecule has 0 spiro atoms. The van der Waals surface area contributed by atoms with Crippen molar-refractivity contribution in [3.05, 3.63) is 83.5 Å². The number of hydrogen-bond donors (Lipinski definition) is 0. The lowest BCUT2D eigenvalue weighted by Crippen LogP contribution is -2.52. The van der Waals surface area contributed by atoms with Gasteiger partial charge in [0.2, 0.25) is 0 Å². The van der Waals surface area contributed by atoms with Gasteiger partial charge in [-0.3, -0.25) is 4.90 Å². The highest BCUT2D eigenvalue weighted by Gasteiger charge is 2.38. The van der Waals surface area contributed by atoms with Crippen molar-refractivity contribution >= 4 is 6.09 Å². The van der Waals surface area contributed by atoms with Crippen LogP contribution >= 0.6 is 0 Å². The molecule has 29 heavy (non-hydrogen) atoms. The molecule has 2 aromatic carbocycles. The van der Waals surface area contributed by atoms with Crippen LogP contribution < -0.4 is 0 Å². The van der Waals surface area contributed by atoms with E-state index in [9.17, 15) is 4.79 Å². The van der Waals surface area contributed by atoms with Crippen molar-refractivity contribution in [3.63, 3.8) is 0 Å². The summed E-state index contributed by atoms with van der Waals surface area (Å²) < 4.78 is 5.95. The molecule has 3 nitrogen and oxygen atoms in total. The van der Waals surface area contributed by atoms with E-state index >= 15 is 0 Å². The van der Waals surface area contributed by atoms with Crippen molar-refractivity contribution in [3.8, 4) is 11.1 Å². The molecule has 2 atom stereocenters. The van der Waals surface area contributed by atoms with Gasteiger partial charge in [0, 0.05) is 12.0 Å². The zero-order chi connectivity index (χ0) is 20.0. The summed E-state index contributed by atoms with van der Waals surface area (Å²) in [5.41, 5.74) is 7.45. The summed E-state index contributed by atoms with van der Waals surface area (Å²) in [4.78, 5) is 15.1. The molecule has 0 saturated carbocycles. The zero-order valence-corrected chi connectivity index (χ0v) is 16.9. The molecule has 148 valence electrons. The van der Waals surface area contributed by atoms with E-state index in [1.807, 2.05) is 4.90 Å². The summed E-state index contributed by atoms with van der Waals surface area (Å²) in [5, 5.41) is 0. The van der Waals surface area contributed by atoms with Crippen molar-refractivity contribution in [2.75, 3.05) is 6.61 Å². The molecular formula is C26H27NO2. The van der Waals surface area contributed by atoms with E-state index in [4.69, 9.17) is 4.74 Å². The van der Waals surface area contributed by atoms with Crippen LogP contribution in [0.3, 0.4) is 0 Å². The molecule has 2 heterocycles. The number of carbonyl (C=O) groups excluding carboxylic acids is 1. The molecule has 0 N–H and O–H groups in total. The maximum Gasteiger partial charge on any atom is 0.410 e. The third-order valence-corrected chi connectivity index (χ3v) is 6.73. The maximum absolute atomic E-state index is 13.1. The Bertz CT molecular complexity index is 960. The van der Waals surface area contributed by atoms with E-state index < -0.39 is 0 Å². The van der Waals surface area contributed by atoms with E-state index in [2.05, 4.69) is 68.1 Å². The Balaban J connectivity index is 1.36. The number of ether oxygens (including phenoxy) is 1. The molecular weight excluding hydrogens is 358 g/mol. The fraction of sp³-hybridized carbons (Fsp3) is 0.346. The predicted molar refractivity (Wildman–Crippen MR) is 116 cm³/mol. The second-order valence-corrected chi connectivity index (χ2v) is 8.54. The van der Waals surface area contributed by atoms with Gasteiger partial charge < -0.3 is 4.74 Å². The quantitative estimate of drug-likeness (QED) is 0.642. The molecule has 5 rings (SSSR count). The van der Waals surface area contributed by atoms with Crippen LogP contribution in [0.1, 0.15) is 49.7 Å². The molecule has 2 aromatic rings. The normalized spacial score (nSPS) is 22.5. The van der Waals surface area contributed by atoms with Gasteiger partial charge >= 0.3 is 6.09 Å². The van der Waals surface area contributed by atoms with Gasteiger partial charge in [0.05, 0.1) is 6.04 Å². The van der Waals surface area contributed by atoms with Gasteiger partial charge in [0.15, 0.2) is 0 Å². The van der Waals surface area contributed by atoms with E-state index in [1.54, 1.807) is 0 Å². The van der Waals surface area contributed by atoms with Gasteiger partial charge in [-0.2, -0.15) is 0 Å². The Kier molecular flexibility index (Phi) is 4.54. The third kappa shape index (κ3) is 3.09.